The zero-order valence-corrected chi connectivity index (χ0v) is 12.3. The van der Waals surface area contributed by atoms with E-state index in [2.05, 4.69) is 33.2 Å². The van der Waals surface area contributed by atoms with Crippen LogP contribution in [0.2, 0.25) is 0 Å². The Balaban J connectivity index is 1.83. The predicted octanol–water partition coefficient (Wildman–Crippen LogP) is 3.00. The molecule has 4 N–H and O–H groups in total. The lowest BCUT2D eigenvalue weighted by Crippen LogP contribution is -2.41. The molecule has 1 amide bonds. The molecule has 19 heavy (non-hydrogen) atoms. The second-order valence-corrected chi connectivity index (χ2v) is 6.43. The van der Waals surface area contributed by atoms with Gasteiger partial charge in [-0.1, -0.05) is 22.9 Å². The molecule has 4 nitrogen and oxygen atoms in total. The predicted molar refractivity (Wildman–Crippen MR) is 79.9 cm³/mol. The number of nitrogens with two attached hydrogens (primary N) is 1. The molecule has 1 aromatic carbocycles. The highest BCUT2D eigenvalue weighted by Gasteiger charge is 2.46. The number of aromatic nitrogens is 1. The quantitative estimate of drug-likeness (QED) is 0.813. The van der Waals surface area contributed by atoms with Crippen molar-refractivity contribution in [2.75, 3.05) is 5.32 Å². The molecule has 1 saturated carbocycles. The van der Waals surface area contributed by atoms with E-state index in [9.17, 15) is 4.79 Å². The fraction of sp³-hybridized carbons (Fsp3) is 0.357. The number of aromatic amines is 1. The van der Waals surface area contributed by atoms with Crippen LogP contribution < -0.4 is 11.1 Å². The first-order valence-corrected chi connectivity index (χ1v) is 7.12. The standard InChI is InChI=1S/C14H16BrN3O/c1-14(4-5-14)12(16)13(19)18-11-7-17-10-6-8(15)2-3-9(10)11/h2-3,6-7,12,17H,4-5,16H2,1H3,(H,18,19). The zero-order chi connectivity index (χ0) is 13.6. The van der Waals surface area contributed by atoms with Gasteiger partial charge in [0.05, 0.1) is 11.7 Å². The van der Waals surface area contributed by atoms with Crippen LogP contribution >= 0.6 is 15.9 Å². The zero-order valence-electron chi connectivity index (χ0n) is 10.7. The molecule has 1 fully saturated rings. The number of carbonyl (C=O) groups is 1. The number of nitrogens with one attached hydrogen (secondary N) is 2. The average molecular weight is 322 g/mol. The van der Waals surface area contributed by atoms with Crippen LogP contribution in [0.5, 0.6) is 0 Å². The van der Waals surface area contributed by atoms with Gasteiger partial charge in [-0.05, 0) is 36.5 Å². The molecule has 0 spiro atoms. The number of halogens is 1. The van der Waals surface area contributed by atoms with Crippen LogP contribution in [-0.2, 0) is 4.79 Å². The topological polar surface area (TPSA) is 70.9 Å². The summed E-state index contributed by atoms with van der Waals surface area (Å²) in [6, 6.07) is 5.46. The monoisotopic (exact) mass is 321 g/mol. The van der Waals surface area contributed by atoms with Gasteiger partial charge in [0.15, 0.2) is 0 Å². The molecule has 1 unspecified atom stereocenters. The van der Waals surface area contributed by atoms with Gasteiger partial charge in [-0.3, -0.25) is 4.79 Å². The molecule has 1 atom stereocenters. The van der Waals surface area contributed by atoms with E-state index in [0.29, 0.717) is 0 Å². The van der Waals surface area contributed by atoms with E-state index in [4.69, 9.17) is 5.73 Å². The second kappa shape index (κ2) is 4.35. The third-order valence-corrected chi connectivity index (χ3v) is 4.47. The highest BCUT2D eigenvalue weighted by Crippen LogP contribution is 2.47. The van der Waals surface area contributed by atoms with Crippen LogP contribution in [0.3, 0.4) is 0 Å². The Kier molecular flexibility index (Phi) is 2.91. The van der Waals surface area contributed by atoms with E-state index < -0.39 is 6.04 Å². The van der Waals surface area contributed by atoms with Crippen molar-refractivity contribution in [3.8, 4) is 0 Å². The number of H-pyrrole nitrogens is 1. The summed E-state index contributed by atoms with van der Waals surface area (Å²) < 4.78 is 1.00. The minimum absolute atomic E-state index is 0.0147. The first kappa shape index (κ1) is 12.7. The Morgan fingerprint density at radius 3 is 2.95 bits per heavy atom. The Labute approximate surface area is 119 Å². The van der Waals surface area contributed by atoms with Gasteiger partial charge in [0.2, 0.25) is 5.91 Å². The van der Waals surface area contributed by atoms with Crippen molar-refractivity contribution in [1.82, 2.24) is 4.98 Å². The van der Waals surface area contributed by atoms with Crippen molar-refractivity contribution in [1.29, 1.82) is 0 Å². The van der Waals surface area contributed by atoms with Crippen LogP contribution in [0.25, 0.3) is 10.9 Å². The molecule has 1 heterocycles. The molecule has 100 valence electrons. The summed E-state index contributed by atoms with van der Waals surface area (Å²) in [6.07, 6.45) is 3.86. The Morgan fingerprint density at radius 2 is 2.26 bits per heavy atom. The second-order valence-electron chi connectivity index (χ2n) is 5.51. The molecular weight excluding hydrogens is 306 g/mol. The van der Waals surface area contributed by atoms with E-state index >= 15 is 0 Å². The van der Waals surface area contributed by atoms with E-state index in [1.807, 2.05) is 18.2 Å². The lowest BCUT2D eigenvalue weighted by molar-refractivity contribution is -0.118. The first-order chi connectivity index (χ1) is 8.99. The third kappa shape index (κ3) is 2.28. The molecule has 0 bridgehead atoms. The molecule has 1 aliphatic rings. The van der Waals surface area contributed by atoms with Gasteiger partial charge in [0, 0.05) is 21.6 Å². The summed E-state index contributed by atoms with van der Waals surface area (Å²) in [5.74, 6) is -0.108. The number of fused-ring (bicyclic) bond motifs is 1. The molecule has 0 aliphatic heterocycles. The van der Waals surface area contributed by atoms with Gasteiger partial charge in [-0.25, -0.2) is 0 Å². The summed E-state index contributed by atoms with van der Waals surface area (Å²) in [5, 5.41) is 3.91. The van der Waals surface area contributed by atoms with Crippen molar-refractivity contribution in [3.05, 3.63) is 28.9 Å². The van der Waals surface area contributed by atoms with Crippen molar-refractivity contribution in [3.63, 3.8) is 0 Å². The van der Waals surface area contributed by atoms with Gasteiger partial charge < -0.3 is 16.0 Å². The van der Waals surface area contributed by atoms with Gasteiger partial charge in [-0.2, -0.15) is 0 Å². The largest absolute Gasteiger partial charge is 0.359 e. The molecule has 2 aromatic rings. The number of hydrogen-bond acceptors (Lipinski definition) is 2. The smallest absolute Gasteiger partial charge is 0.241 e. The van der Waals surface area contributed by atoms with Crippen LogP contribution in [-0.4, -0.2) is 16.9 Å². The van der Waals surface area contributed by atoms with E-state index in [0.717, 1.165) is 33.9 Å². The average Bonchev–Trinajstić information content (AvgIpc) is 3.01. The highest BCUT2D eigenvalue weighted by atomic mass is 79.9. The minimum atomic E-state index is -0.437. The van der Waals surface area contributed by atoms with Crippen LogP contribution in [0.15, 0.2) is 28.9 Å². The normalized spacial score (nSPS) is 18.3. The fourth-order valence-electron chi connectivity index (χ4n) is 2.24. The van der Waals surface area contributed by atoms with Crippen LogP contribution in [0.4, 0.5) is 5.69 Å². The van der Waals surface area contributed by atoms with E-state index in [1.54, 1.807) is 6.20 Å². The molecule has 0 saturated heterocycles. The van der Waals surface area contributed by atoms with Gasteiger partial charge in [0.25, 0.3) is 0 Å². The van der Waals surface area contributed by atoms with Crippen molar-refractivity contribution < 1.29 is 4.79 Å². The van der Waals surface area contributed by atoms with Crippen molar-refractivity contribution in [2.45, 2.75) is 25.8 Å². The molecule has 5 heteroatoms. The van der Waals surface area contributed by atoms with Crippen LogP contribution in [0.1, 0.15) is 19.8 Å². The summed E-state index contributed by atoms with van der Waals surface area (Å²) in [6.45, 7) is 2.06. The highest BCUT2D eigenvalue weighted by molar-refractivity contribution is 9.10. The van der Waals surface area contributed by atoms with E-state index in [-0.39, 0.29) is 11.3 Å². The molecule has 3 rings (SSSR count). The van der Waals surface area contributed by atoms with Crippen LogP contribution in [0, 0.1) is 5.41 Å². The third-order valence-electron chi connectivity index (χ3n) is 3.97. The van der Waals surface area contributed by atoms with Gasteiger partial charge in [0.1, 0.15) is 0 Å². The summed E-state index contributed by atoms with van der Waals surface area (Å²) in [7, 11) is 0. The summed E-state index contributed by atoms with van der Waals surface area (Å²) in [5.41, 5.74) is 7.76. The minimum Gasteiger partial charge on any atom is -0.359 e. The number of carbonyl (C=O) groups excluding carboxylic acids is 1. The number of rotatable bonds is 3. The summed E-state index contributed by atoms with van der Waals surface area (Å²) >= 11 is 3.42. The Bertz CT molecular complexity index is 645. The molecular formula is C14H16BrN3O. The lowest BCUT2D eigenvalue weighted by atomic mass is 9.99. The van der Waals surface area contributed by atoms with E-state index in [1.165, 1.54) is 0 Å². The fourth-order valence-corrected chi connectivity index (χ4v) is 2.60. The molecule has 1 aliphatic carbocycles. The number of anilines is 1. The number of hydrogen-bond donors (Lipinski definition) is 3. The van der Waals surface area contributed by atoms with Gasteiger partial charge in [-0.15, -0.1) is 0 Å². The summed E-state index contributed by atoms with van der Waals surface area (Å²) in [4.78, 5) is 15.3. The van der Waals surface area contributed by atoms with Crippen molar-refractivity contribution >= 4 is 38.4 Å². The molecule has 1 aromatic heterocycles. The van der Waals surface area contributed by atoms with Gasteiger partial charge >= 0.3 is 0 Å². The van der Waals surface area contributed by atoms with Crippen molar-refractivity contribution in [2.24, 2.45) is 11.1 Å². The maximum absolute atomic E-state index is 12.1. The Hall–Kier alpha value is -1.33. The number of benzene rings is 1. The molecule has 0 radical (unpaired) electrons. The number of amides is 1. The maximum Gasteiger partial charge on any atom is 0.241 e. The lowest BCUT2D eigenvalue weighted by Gasteiger charge is -2.17. The maximum atomic E-state index is 12.1. The Morgan fingerprint density at radius 1 is 1.53 bits per heavy atom. The first-order valence-electron chi connectivity index (χ1n) is 6.33. The SMILES string of the molecule is CC1(C(N)C(=O)Nc2c[nH]c3cc(Br)ccc23)CC1.